The van der Waals surface area contributed by atoms with E-state index in [0.29, 0.717) is 0 Å². The molecule has 3 heteroatoms. The summed E-state index contributed by atoms with van der Waals surface area (Å²) in [5.74, 6) is 0. The lowest BCUT2D eigenvalue weighted by atomic mass is 10.1. The summed E-state index contributed by atoms with van der Waals surface area (Å²) in [7, 11) is 0.791. The van der Waals surface area contributed by atoms with Gasteiger partial charge in [0.15, 0.2) is 0 Å². The quantitative estimate of drug-likeness (QED) is 0.314. The Morgan fingerprint density at radius 3 is 2.22 bits per heavy atom. The normalized spacial score (nSPS) is 14.0. The molecule has 9 heavy (non-hydrogen) atoms. The Balaban J connectivity index is 4.03. The monoisotopic (exact) mass is 256 g/mol. The Bertz CT molecular complexity index is 115. The molecule has 0 rings (SSSR count). The van der Waals surface area contributed by atoms with Gasteiger partial charge >= 0.3 is 0 Å². The maximum atomic E-state index is 5.00. The van der Waals surface area contributed by atoms with Crippen LogP contribution in [-0.2, 0) is 4.43 Å². The van der Waals surface area contributed by atoms with E-state index >= 15 is 0 Å². The summed E-state index contributed by atoms with van der Waals surface area (Å²) in [6, 6.07) is 0. The standard InChI is InChI=1S/C6H13IOSi/c1-5(4-8-9)6(2,3)7/h4H,1-3,9H3/b5-4+. The molecule has 1 nitrogen and oxygen atoms in total. The van der Waals surface area contributed by atoms with Crippen LogP contribution in [-0.4, -0.2) is 13.9 Å². The molecular weight excluding hydrogens is 243 g/mol. The van der Waals surface area contributed by atoms with Gasteiger partial charge in [-0.3, -0.25) is 0 Å². The largest absolute Gasteiger partial charge is 0.558 e. The van der Waals surface area contributed by atoms with Crippen molar-refractivity contribution in [1.82, 2.24) is 0 Å². The van der Waals surface area contributed by atoms with Crippen LogP contribution in [0.3, 0.4) is 0 Å². The smallest absolute Gasteiger partial charge is 0.203 e. The topological polar surface area (TPSA) is 9.23 Å². The minimum atomic E-state index is 0.238. The number of alkyl halides is 1. The minimum Gasteiger partial charge on any atom is -0.558 e. The van der Waals surface area contributed by atoms with Gasteiger partial charge < -0.3 is 4.43 Å². The zero-order valence-corrected chi connectivity index (χ0v) is 10.5. The summed E-state index contributed by atoms with van der Waals surface area (Å²) in [5, 5.41) is 0. The average molecular weight is 256 g/mol. The molecule has 0 aliphatic carbocycles. The van der Waals surface area contributed by atoms with E-state index in [9.17, 15) is 0 Å². The van der Waals surface area contributed by atoms with Crippen molar-refractivity contribution in [2.75, 3.05) is 0 Å². The zero-order valence-electron chi connectivity index (χ0n) is 6.36. The van der Waals surface area contributed by atoms with E-state index in [4.69, 9.17) is 4.43 Å². The zero-order chi connectivity index (χ0) is 7.49. The predicted molar refractivity (Wildman–Crippen MR) is 52.9 cm³/mol. The fourth-order valence-corrected chi connectivity index (χ4v) is 0.798. The second-order valence-corrected chi connectivity index (χ2v) is 5.68. The van der Waals surface area contributed by atoms with E-state index in [0.717, 1.165) is 10.5 Å². The summed E-state index contributed by atoms with van der Waals surface area (Å²) < 4.78 is 5.24. The Morgan fingerprint density at radius 2 is 2.11 bits per heavy atom. The highest BCUT2D eigenvalue weighted by Gasteiger charge is 2.14. The van der Waals surface area contributed by atoms with Crippen LogP contribution < -0.4 is 0 Å². The van der Waals surface area contributed by atoms with Gasteiger partial charge in [0.1, 0.15) is 0 Å². The molecule has 0 fully saturated rings. The van der Waals surface area contributed by atoms with Gasteiger partial charge in [0.05, 0.1) is 6.26 Å². The highest BCUT2D eigenvalue weighted by Crippen LogP contribution is 2.25. The molecule has 0 radical (unpaired) electrons. The third-order valence-corrected chi connectivity index (χ3v) is 2.32. The molecule has 0 aliphatic heterocycles. The first-order valence-corrected chi connectivity index (χ1v) is 4.77. The number of hydrogen-bond acceptors (Lipinski definition) is 1. The van der Waals surface area contributed by atoms with Gasteiger partial charge in [-0.25, -0.2) is 0 Å². The Labute approximate surface area is 73.5 Å². The molecule has 0 unspecified atom stereocenters. The van der Waals surface area contributed by atoms with Crippen molar-refractivity contribution in [3.05, 3.63) is 11.8 Å². The second kappa shape index (κ2) is 3.61. The molecule has 0 N–H and O–H groups in total. The molecule has 0 atom stereocenters. The molecule has 0 saturated heterocycles. The maximum Gasteiger partial charge on any atom is 0.203 e. The molecule has 0 amide bonds. The van der Waals surface area contributed by atoms with Crippen LogP contribution in [0.4, 0.5) is 0 Å². The number of rotatable bonds is 2. The summed E-state index contributed by atoms with van der Waals surface area (Å²) in [5.41, 5.74) is 1.29. The average Bonchev–Trinajstić information content (AvgIpc) is 1.64. The predicted octanol–water partition coefficient (Wildman–Crippen LogP) is 1.40. The maximum absolute atomic E-state index is 5.00. The molecule has 0 aromatic carbocycles. The highest BCUT2D eigenvalue weighted by molar-refractivity contribution is 14.1. The Kier molecular flexibility index (Phi) is 3.80. The SMILES string of the molecule is C/C(=C\O[SiH3])C(C)(C)I. The van der Waals surface area contributed by atoms with Gasteiger partial charge in [-0.15, -0.1) is 0 Å². The van der Waals surface area contributed by atoms with E-state index in [-0.39, 0.29) is 3.42 Å². The van der Waals surface area contributed by atoms with Crippen LogP contribution in [0.15, 0.2) is 11.8 Å². The van der Waals surface area contributed by atoms with Gasteiger partial charge in [-0.2, -0.15) is 0 Å². The van der Waals surface area contributed by atoms with Crippen LogP contribution >= 0.6 is 22.6 Å². The summed E-state index contributed by atoms with van der Waals surface area (Å²) in [4.78, 5) is 0. The van der Waals surface area contributed by atoms with Crippen LogP contribution in [0.5, 0.6) is 0 Å². The number of hydrogen-bond donors (Lipinski definition) is 0. The van der Waals surface area contributed by atoms with Crippen LogP contribution in [0.2, 0.25) is 0 Å². The number of allylic oxidation sites excluding steroid dienone is 1. The minimum absolute atomic E-state index is 0.238. The first kappa shape index (κ1) is 9.49. The summed E-state index contributed by atoms with van der Waals surface area (Å²) in [6.07, 6.45) is 1.85. The fraction of sp³-hybridized carbons (Fsp3) is 0.667. The van der Waals surface area contributed by atoms with Gasteiger partial charge in [0, 0.05) is 3.42 Å². The second-order valence-electron chi connectivity index (χ2n) is 2.51. The van der Waals surface area contributed by atoms with Crippen LogP contribution in [0.25, 0.3) is 0 Å². The van der Waals surface area contributed by atoms with Gasteiger partial charge in [-0.05, 0) is 26.3 Å². The lowest BCUT2D eigenvalue weighted by Gasteiger charge is -2.16. The van der Waals surface area contributed by atoms with Gasteiger partial charge in [0.2, 0.25) is 10.5 Å². The van der Waals surface area contributed by atoms with Crippen molar-refractivity contribution in [2.24, 2.45) is 0 Å². The van der Waals surface area contributed by atoms with E-state index in [1.165, 1.54) is 5.57 Å². The Hall–Kier alpha value is 0.487. The van der Waals surface area contributed by atoms with E-state index in [2.05, 4.69) is 43.4 Å². The molecule has 0 heterocycles. The van der Waals surface area contributed by atoms with Crippen LogP contribution in [0.1, 0.15) is 20.8 Å². The summed E-state index contributed by atoms with van der Waals surface area (Å²) in [6.45, 7) is 6.42. The van der Waals surface area contributed by atoms with E-state index < -0.39 is 0 Å². The molecule has 0 aromatic rings. The molecular formula is C6H13IOSi. The molecule has 0 saturated carbocycles. The van der Waals surface area contributed by atoms with Crippen molar-refractivity contribution >= 4 is 33.1 Å². The first-order valence-electron chi connectivity index (χ1n) is 2.87. The van der Waals surface area contributed by atoms with Crippen molar-refractivity contribution in [1.29, 1.82) is 0 Å². The number of halogens is 1. The van der Waals surface area contributed by atoms with Crippen molar-refractivity contribution in [2.45, 2.75) is 24.2 Å². The lowest BCUT2D eigenvalue weighted by molar-refractivity contribution is 0.521. The fourth-order valence-electron chi connectivity index (χ4n) is 0.317. The van der Waals surface area contributed by atoms with Crippen LogP contribution in [0, 0.1) is 0 Å². The highest BCUT2D eigenvalue weighted by atomic mass is 127. The summed E-state index contributed by atoms with van der Waals surface area (Å²) >= 11 is 2.39. The van der Waals surface area contributed by atoms with Crippen molar-refractivity contribution in [3.63, 3.8) is 0 Å². The van der Waals surface area contributed by atoms with E-state index in [1.54, 1.807) is 0 Å². The van der Waals surface area contributed by atoms with E-state index in [1.807, 2.05) is 6.26 Å². The lowest BCUT2D eigenvalue weighted by Crippen LogP contribution is -2.10. The third-order valence-electron chi connectivity index (χ3n) is 1.23. The molecule has 0 bridgehead atoms. The first-order chi connectivity index (χ1) is 3.98. The van der Waals surface area contributed by atoms with Crippen molar-refractivity contribution in [3.8, 4) is 0 Å². The van der Waals surface area contributed by atoms with Gasteiger partial charge in [0.25, 0.3) is 0 Å². The molecule has 0 spiro atoms. The molecule has 54 valence electrons. The third kappa shape index (κ3) is 3.97. The van der Waals surface area contributed by atoms with Crippen molar-refractivity contribution < 1.29 is 4.43 Å². The van der Waals surface area contributed by atoms with Gasteiger partial charge in [-0.1, -0.05) is 22.6 Å². The molecule has 0 aliphatic rings. The molecule has 0 aromatic heterocycles. The Morgan fingerprint density at radius 1 is 1.67 bits per heavy atom.